The third-order valence-corrected chi connectivity index (χ3v) is 4.07. The van der Waals surface area contributed by atoms with Crippen LogP contribution in [0.3, 0.4) is 0 Å². The SMILES string of the molecule is Cc1cc(C)nc(SC2CCCC2O)c1. The Morgan fingerprint density at radius 3 is 2.73 bits per heavy atom. The van der Waals surface area contributed by atoms with Gasteiger partial charge in [-0.3, -0.25) is 0 Å². The average Bonchev–Trinajstić information content (AvgIpc) is 2.50. The van der Waals surface area contributed by atoms with Crippen molar-refractivity contribution in [1.29, 1.82) is 0 Å². The molecule has 0 aromatic carbocycles. The highest BCUT2D eigenvalue weighted by Crippen LogP contribution is 2.34. The predicted octanol–water partition coefficient (Wildman–Crippen LogP) is 2.70. The van der Waals surface area contributed by atoms with Gasteiger partial charge in [0.25, 0.3) is 0 Å². The van der Waals surface area contributed by atoms with Gasteiger partial charge in [0.05, 0.1) is 11.1 Å². The molecule has 2 unspecified atom stereocenters. The monoisotopic (exact) mass is 223 g/mol. The Morgan fingerprint density at radius 1 is 1.33 bits per heavy atom. The summed E-state index contributed by atoms with van der Waals surface area (Å²) in [5, 5.41) is 11.1. The molecule has 1 aromatic rings. The molecule has 0 saturated heterocycles. The number of pyridine rings is 1. The highest BCUT2D eigenvalue weighted by Gasteiger charge is 2.26. The zero-order valence-corrected chi connectivity index (χ0v) is 10.0. The van der Waals surface area contributed by atoms with Crippen LogP contribution in [-0.4, -0.2) is 21.4 Å². The van der Waals surface area contributed by atoms with Crippen molar-refractivity contribution >= 4 is 11.8 Å². The van der Waals surface area contributed by atoms with Crippen LogP contribution in [0.2, 0.25) is 0 Å². The van der Waals surface area contributed by atoms with E-state index in [0.717, 1.165) is 30.0 Å². The van der Waals surface area contributed by atoms with Gasteiger partial charge in [-0.25, -0.2) is 4.98 Å². The quantitative estimate of drug-likeness (QED) is 0.837. The van der Waals surface area contributed by atoms with E-state index >= 15 is 0 Å². The summed E-state index contributed by atoms with van der Waals surface area (Å²) in [6.07, 6.45) is 3.06. The third-order valence-electron chi connectivity index (χ3n) is 2.76. The minimum atomic E-state index is -0.141. The van der Waals surface area contributed by atoms with Crippen LogP contribution >= 0.6 is 11.8 Å². The Morgan fingerprint density at radius 2 is 2.13 bits per heavy atom. The lowest BCUT2D eigenvalue weighted by molar-refractivity contribution is 0.188. The Kier molecular flexibility index (Phi) is 3.32. The molecule has 1 heterocycles. The molecule has 15 heavy (non-hydrogen) atoms. The molecule has 2 rings (SSSR count). The summed E-state index contributed by atoms with van der Waals surface area (Å²) in [4.78, 5) is 4.48. The highest BCUT2D eigenvalue weighted by atomic mass is 32.2. The molecule has 1 aliphatic carbocycles. The molecule has 2 atom stereocenters. The lowest BCUT2D eigenvalue weighted by atomic mass is 10.3. The first-order valence-corrected chi connectivity index (χ1v) is 6.33. The van der Waals surface area contributed by atoms with Crippen LogP contribution in [0.4, 0.5) is 0 Å². The van der Waals surface area contributed by atoms with E-state index in [1.807, 2.05) is 6.92 Å². The molecule has 1 fully saturated rings. The van der Waals surface area contributed by atoms with Crippen molar-refractivity contribution in [3.8, 4) is 0 Å². The molecule has 0 amide bonds. The molecule has 1 N–H and O–H groups in total. The van der Waals surface area contributed by atoms with Crippen LogP contribution in [0.5, 0.6) is 0 Å². The van der Waals surface area contributed by atoms with E-state index in [1.54, 1.807) is 11.8 Å². The maximum atomic E-state index is 9.74. The summed E-state index contributed by atoms with van der Waals surface area (Å²) >= 11 is 1.73. The van der Waals surface area contributed by atoms with Crippen molar-refractivity contribution in [1.82, 2.24) is 4.98 Å². The maximum Gasteiger partial charge on any atom is 0.0969 e. The fraction of sp³-hybridized carbons (Fsp3) is 0.583. The van der Waals surface area contributed by atoms with Gasteiger partial charge in [-0.05, 0) is 50.8 Å². The van der Waals surface area contributed by atoms with Gasteiger partial charge in [0.1, 0.15) is 0 Å². The van der Waals surface area contributed by atoms with E-state index in [9.17, 15) is 5.11 Å². The summed E-state index contributed by atoms with van der Waals surface area (Å²) in [7, 11) is 0. The summed E-state index contributed by atoms with van der Waals surface area (Å²) in [5.41, 5.74) is 2.31. The van der Waals surface area contributed by atoms with Crippen LogP contribution < -0.4 is 0 Å². The molecule has 3 heteroatoms. The van der Waals surface area contributed by atoms with E-state index in [1.165, 1.54) is 5.56 Å². The van der Waals surface area contributed by atoms with Crippen LogP contribution in [0.1, 0.15) is 30.5 Å². The van der Waals surface area contributed by atoms with E-state index < -0.39 is 0 Å². The molecule has 0 bridgehead atoms. The molecular formula is C12H17NOS. The van der Waals surface area contributed by atoms with Gasteiger partial charge in [-0.15, -0.1) is 11.8 Å². The second kappa shape index (κ2) is 4.54. The standard InChI is InChI=1S/C12H17NOS/c1-8-6-9(2)13-12(7-8)15-11-5-3-4-10(11)14/h6-7,10-11,14H,3-5H2,1-2H3. The van der Waals surface area contributed by atoms with Crippen molar-refractivity contribution in [2.45, 2.75) is 49.5 Å². The fourth-order valence-electron chi connectivity index (χ4n) is 2.06. The minimum Gasteiger partial charge on any atom is -0.392 e. The first kappa shape index (κ1) is 11.0. The zero-order chi connectivity index (χ0) is 10.8. The Balaban J connectivity index is 2.10. The number of aliphatic hydroxyl groups is 1. The van der Waals surface area contributed by atoms with Crippen molar-refractivity contribution < 1.29 is 5.11 Å². The van der Waals surface area contributed by atoms with Gasteiger partial charge >= 0.3 is 0 Å². The number of hydrogen-bond acceptors (Lipinski definition) is 3. The number of rotatable bonds is 2. The van der Waals surface area contributed by atoms with Crippen molar-refractivity contribution in [3.05, 3.63) is 23.4 Å². The number of hydrogen-bond donors (Lipinski definition) is 1. The second-order valence-corrected chi connectivity index (χ2v) is 5.54. The summed E-state index contributed by atoms with van der Waals surface area (Å²) in [6.45, 7) is 4.10. The molecule has 1 saturated carbocycles. The molecule has 0 radical (unpaired) electrons. The number of aryl methyl sites for hydroxylation is 2. The molecule has 0 spiro atoms. The van der Waals surface area contributed by atoms with E-state index in [-0.39, 0.29) is 6.10 Å². The van der Waals surface area contributed by atoms with Crippen molar-refractivity contribution in [2.24, 2.45) is 0 Å². The molecule has 1 aromatic heterocycles. The summed E-state index contributed by atoms with van der Waals surface area (Å²) in [5.74, 6) is 0. The van der Waals surface area contributed by atoms with E-state index in [2.05, 4.69) is 24.0 Å². The predicted molar refractivity (Wildman–Crippen MR) is 63.2 cm³/mol. The van der Waals surface area contributed by atoms with Crippen molar-refractivity contribution in [2.75, 3.05) is 0 Å². The summed E-state index contributed by atoms with van der Waals surface area (Å²) in [6, 6.07) is 4.18. The summed E-state index contributed by atoms with van der Waals surface area (Å²) < 4.78 is 0. The molecule has 2 nitrogen and oxygen atoms in total. The Bertz CT molecular complexity index is 333. The largest absolute Gasteiger partial charge is 0.392 e. The third kappa shape index (κ3) is 2.73. The molecule has 1 aliphatic rings. The smallest absolute Gasteiger partial charge is 0.0969 e. The molecular weight excluding hydrogens is 206 g/mol. The maximum absolute atomic E-state index is 9.74. The van der Waals surface area contributed by atoms with Crippen LogP contribution in [0, 0.1) is 13.8 Å². The zero-order valence-electron chi connectivity index (χ0n) is 9.23. The lowest BCUT2D eigenvalue weighted by Gasteiger charge is -2.13. The van der Waals surface area contributed by atoms with Gasteiger partial charge in [0.2, 0.25) is 0 Å². The Hall–Kier alpha value is -0.540. The fourth-order valence-corrected chi connectivity index (χ4v) is 3.40. The van der Waals surface area contributed by atoms with Crippen LogP contribution in [0.25, 0.3) is 0 Å². The molecule has 82 valence electrons. The highest BCUT2D eigenvalue weighted by molar-refractivity contribution is 7.99. The van der Waals surface area contributed by atoms with E-state index in [0.29, 0.717) is 5.25 Å². The molecule has 0 aliphatic heterocycles. The number of aromatic nitrogens is 1. The number of thioether (sulfide) groups is 1. The minimum absolute atomic E-state index is 0.141. The van der Waals surface area contributed by atoms with Crippen LogP contribution in [0.15, 0.2) is 17.2 Å². The van der Waals surface area contributed by atoms with Gasteiger partial charge in [0.15, 0.2) is 0 Å². The van der Waals surface area contributed by atoms with E-state index in [4.69, 9.17) is 0 Å². The lowest BCUT2D eigenvalue weighted by Crippen LogP contribution is -2.15. The van der Waals surface area contributed by atoms with Gasteiger partial charge in [-0.2, -0.15) is 0 Å². The average molecular weight is 223 g/mol. The topological polar surface area (TPSA) is 33.1 Å². The van der Waals surface area contributed by atoms with Crippen LogP contribution in [-0.2, 0) is 0 Å². The van der Waals surface area contributed by atoms with Gasteiger partial charge in [-0.1, -0.05) is 0 Å². The van der Waals surface area contributed by atoms with Crippen molar-refractivity contribution in [3.63, 3.8) is 0 Å². The van der Waals surface area contributed by atoms with Gasteiger partial charge < -0.3 is 5.11 Å². The first-order chi connectivity index (χ1) is 7.15. The number of aliphatic hydroxyl groups excluding tert-OH is 1. The second-order valence-electron chi connectivity index (χ2n) is 4.28. The first-order valence-electron chi connectivity index (χ1n) is 5.45. The van der Waals surface area contributed by atoms with Gasteiger partial charge in [0, 0.05) is 10.9 Å². The number of nitrogens with zero attached hydrogens (tertiary/aromatic N) is 1. The Labute approximate surface area is 95.1 Å². The normalized spacial score (nSPS) is 25.8.